The quantitative estimate of drug-likeness (QED) is 0.731. The third-order valence-electron chi connectivity index (χ3n) is 5.09. The number of hydrogen-bond donors (Lipinski definition) is 1. The predicted octanol–water partition coefficient (Wildman–Crippen LogP) is 4.43. The molecule has 0 radical (unpaired) electrons. The van der Waals surface area contributed by atoms with Crippen LogP contribution in [0.2, 0.25) is 0 Å². The highest BCUT2D eigenvalue weighted by Gasteiger charge is 2.28. The van der Waals surface area contributed by atoms with Crippen LogP contribution in [0.15, 0.2) is 71.6 Å². The van der Waals surface area contributed by atoms with Crippen LogP contribution in [0, 0.1) is 6.92 Å². The smallest absolute Gasteiger partial charge is 0.242 e. The summed E-state index contributed by atoms with van der Waals surface area (Å²) >= 11 is 0. The van der Waals surface area contributed by atoms with Crippen LogP contribution < -0.4 is 5.32 Å². The zero-order valence-corrected chi connectivity index (χ0v) is 16.4. The summed E-state index contributed by atoms with van der Waals surface area (Å²) in [5.41, 5.74) is 6.38. The third kappa shape index (κ3) is 2.93. The van der Waals surface area contributed by atoms with Crippen molar-refractivity contribution in [1.29, 1.82) is 0 Å². The Bertz CT molecular complexity index is 1080. The van der Waals surface area contributed by atoms with Crippen molar-refractivity contribution in [3.8, 4) is 11.1 Å². The summed E-state index contributed by atoms with van der Waals surface area (Å²) in [5, 5.41) is 3.55. The predicted molar refractivity (Wildman–Crippen MR) is 109 cm³/mol. The van der Waals surface area contributed by atoms with Gasteiger partial charge in [-0.1, -0.05) is 54.6 Å². The van der Waals surface area contributed by atoms with Crippen LogP contribution in [0.1, 0.15) is 22.7 Å². The van der Waals surface area contributed by atoms with E-state index in [0.717, 1.165) is 11.3 Å². The average molecular weight is 378 g/mol. The normalized spacial score (nSPS) is 13.5. The maximum Gasteiger partial charge on any atom is 0.242 e. The fraction of sp³-hybridized carbons (Fsp3) is 0.182. The Hall–Kier alpha value is -2.63. The van der Waals surface area contributed by atoms with Gasteiger partial charge in [-0.15, -0.1) is 0 Å². The van der Waals surface area contributed by atoms with Gasteiger partial charge in [-0.05, 0) is 46.9 Å². The Morgan fingerprint density at radius 3 is 1.96 bits per heavy atom. The first-order chi connectivity index (χ1) is 12.9. The van der Waals surface area contributed by atoms with Gasteiger partial charge in [-0.2, -0.15) is 0 Å². The van der Waals surface area contributed by atoms with Gasteiger partial charge in [0.2, 0.25) is 10.0 Å². The molecule has 3 aromatic carbocycles. The van der Waals surface area contributed by atoms with Crippen molar-refractivity contribution in [2.24, 2.45) is 0 Å². The lowest BCUT2D eigenvalue weighted by molar-refractivity contribution is 0.520. The SMILES string of the molecule is Cc1ccc(NC2c3ccccc3-c3ccccc32)cc1S(=O)(=O)N(C)C. The number of nitrogens with zero attached hydrogens (tertiary/aromatic N) is 1. The van der Waals surface area contributed by atoms with Crippen molar-refractivity contribution in [3.05, 3.63) is 83.4 Å². The van der Waals surface area contributed by atoms with Gasteiger partial charge < -0.3 is 5.32 Å². The minimum atomic E-state index is -3.49. The Morgan fingerprint density at radius 2 is 1.41 bits per heavy atom. The van der Waals surface area contributed by atoms with Gasteiger partial charge in [-0.25, -0.2) is 12.7 Å². The number of sulfonamides is 1. The van der Waals surface area contributed by atoms with Crippen molar-refractivity contribution in [2.45, 2.75) is 17.9 Å². The standard InChI is InChI=1S/C22H22N2O2S/c1-15-12-13-16(14-21(15)27(25,26)24(2)3)23-22-19-10-6-4-8-17(19)18-9-5-7-11-20(18)22/h4-14,22-23H,1-3H3. The molecule has 0 spiro atoms. The highest BCUT2D eigenvalue weighted by molar-refractivity contribution is 7.89. The number of benzene rings is 3. The van der Waals surface area contributed by atoms with E-state index in [2.05, 4.69) is 29.6 Å². The molecule has 1 N–H and O–H groups in total. The fourth-order valence-electron chi connectivity index (χ4n) is 3.64. The van der Waals surface area contributed by atoms with Crippen LogP contribution >= 0.6 is 0 Å². The van der Waals surface area contributed by atoms with Crippen LogP contribution in [0.25, 0.3) is 11.1 Å². The number of anilines is 1. The minimum absolute atomic E-state index is 0.00461. The lowest BCUT2D eigenvalue weighted by atomic mass is 10.0. The molecule has 0 bridgehead atoms. The summed E-state index contributed by atoms with van der Waals surface area (Å²) in [6.07, 6.45) is 0. The zero-order valence-electron chi connectivity index (χ0n) is 15.6. The van der Waals surface area contributed by atoms with E-state index in [9.17, 15) is 8.42 Å². The molecule has 0 aliphatic heterocycles. The van der Waals surface area contributed by atoms with E-state index in [0.29, 0.717) is 4.90 Å². The summed E-state index contributed by atoms with van der Waals surface area (Å²) in [7, 11) is -0.384. The summed E-state index contributed by atoms with van der Waals surface area (Å²) in [4.78, 5) is 0.331. The van der Waals surface area contributed by atoms with Gasteiger partial charge in [0.05, 0.1) is 10.9 Å². The fourth-order valence-corrected chi connectivity index (χ4v) is 4.79. The molecule has 0 amide bonds. The van der Waals surface area contributed by atoms with E-state index in [1.807, 2.05) is 43.3 Å². The lowest BCUT2D eigenvalue weighted by Crippen LogP contribution is -2.23. The van der Waals surface area contributed by atoms with Crippen LogP contribution in [0.4, 0.5) is 5.69 Å². The molecular formula is C22H22N2O2S. The second-order valence-electron chi connectivity index (χ2n) is 7.02. The number of hydrogen-bond acceptors (Lipinski definition) is 3. The molecule has 0 unspecified atom stereocenters. The first-order valence-electron chi connectivity index (χ1n) is 8.87. The molecule has 4 nitrogen and oxygen atoms in total. The highest BCUT2D eigenvalue weighted by Crippen LogP contribution is 2.44. The monoisotopic (exact) mass is 378 g/mol. The third-order valence-corrected chi connectivity index (χ3v) is 7.05. The number of nitrogens with one attached hydrogen (secondary N) is 1. The van der Waals surface area contributed by atoms with Crippen LogP contribution in [0.5, 0.6) is 0 Å². The number of rotatable bonds is 4. The zero-order chi connectivity index (χ0) is 19.2. The lowest BCUT2D eigenvalue weighted by Gasteiger charge is -2.19. The van der Waals surface area contributed by atoms with Gasteiger partial charge in [0.1, 0.15) is 0 Å². The van der Waals surface area contributed by atoms with Gasteiger partial charge in [0.25, 0.3) is 0 Å². The molecule has 4 rings (SSSR count). The van der Waals surface area contributed by atoms with Gasteiger partial charge in [0.15, 0.2) is 0 Å². The summed E-state index contributed by atoms with van der Waals surface area (Å²) in [5.74, 6) is 0. The second kappa shape index (κ2) is 6.51. The topological polar surface area (TPSA) is 49.4 Å². The maximum atomic E-state index is 12.6. The maximum absolute atomic E-state index is 12.6. The first-order valence-corrected chi connectivity index (χ1v) is 10.3. The van der Waals surface area contributed by atoms with Crippen LogP contribution in [-0.2, 0) is 10.0 Å². The van der Waals surface area contributed by atoms with Crippen LogP contribution in [-0.4, -0.2) is 26.8 Å². The molecule has 27 heavy (non-hydrogen) atoms. The Balaban J connectivity index is 1.78. The molecule has 0 heterocycles. The molecule has 0 aromatic heterocycles. The summed E-state index contributed by atoms with van der Waals surface area (Å²) in [6, 6.07) is 22.2. The number of fused-ring (bicyclic) bond motifs is 3. The number of aryl methyl sites for hydroxylation is 1. The van der Waals surface area contributed by atoms with Gasteiger partial charge >= 0.3 is 0 Å². The van der Waals surface area contributed by atoms with E-state index >= 15 is 0 Å². The molecule has 3 aromatic rings. The Morgan fingerprint density at radius 1 is 0.852 bits per heavy atom. The summed E-state index contributed by atoms with van der Waals surface area (Å²) in [6.45, 7) is 1.82. The molecule has 1 aliphatic carbocycles. The van der Waals surface area contributed by atoms with E-state index < -0.39 is 10.0 Å². The van der Waals surface area contributed by atoms with Crippen molar-refractivity contribution >= 4 is 15.7 Å². The largest absolute Gasteiger partial charge is 0.374 e. The molecule has 1 aliphatic rings. The van der Waals surface area contributed by atoms with Crippen LogP contribution in [0.3, 0.4) is 0 Å². The molecule has 0 saturated heterocycles. The summed E-state index contributed by atoms with van der Waals surface area (Å²) < 4.78 is 26.5. The van der Waals surface area contributed by atoms with Crippen molar-refractivity contribution < 1.29 is 8.42 Å². The molecule has 138 valence electrons. The molecular weight excluding hydrogens is 356 g/mol. The average Bonchev–Trinajstić information content (AvgIpc) is 2.97. The Kier molecular flexibility index (Phi) is 4.29. The molecule has 5 heteroatoms. The van der Waals surface area contributed by atoms with E-state index in [-0.39, 0.29) is 6.04 Å². The first kappa shape index (κ1) is 17.8. The van der Waals surface area contributed by atoms with Crippen molar-refractivity contribution in [3.63, 3.8) is 0 Å². The van der Waals surface area contributed by atoms with E-state index in [4.69, 9.17) is 0 Å². The highest BCUT2D eigenvalue weighted by atomic mass is 32.2. The molecule has 0 saturated carbocycles. The van der Waals surface area contributed by atoms with E-state index in [1.54, 1.807) is 20.2 Å². The minimum Gasteiger partial charge on any atom is -0.374 e. The molecule has 0 fully saturated rings. The van der Waals surface area contributed by atoms with Gasteiger partial charge in [-0.3, -0.25) is 0 Å². The van der Waals surface area contributed by atoms with Crippen molar-refractivity contribution in [1.82, 2.24) is 4.31 Å². The molecule has 0 atom stereocenters. The van der Waals surface area contributed by atoms with E-state index in [1.165, 1.54) is 26.6 Å². The van der Waals surface area contributed by atoms with Gasteiger partial charge in [0, 0.05) is 19.8 Å². The van der Waals surface area contributed by atoms with Crippen molar-refractivity contribution in [2.75, 3.05) is 19.4 Å². The second-order valence-corrected chi connectivity index (χ2v) is 9.14. The Labute approximate surface area is 160 Å².